The Morgan fingerprint density at radius 2 is 2.14 bits per heavy atom. The first-order valence-electron chi connectivity index (χ1n) is 3.65. The summed E-state index contributed by atoms with van der Waals surface area (Å²) < 4.78 is 22.2. The summed E-state index contributed by atoms with van der Waals surface area (Å²) in [5.74, 6) is 0.0593. The monoisotopic (exact) mass is 213 g/mol. The molecule has 0 aliphatic carbocycles. The number of nitrogen functional groups attached to an aromatic ring is 1. The highest BCUT2D eigenvalue weighted by atomic mass is 32.2. The molecule has 0 atom stereocenters. The Kier molecular flexibility index (Phi) is 1.68. The van der Waals surface area contributed by atoms with Crippen molar-refractivity contribution in [3.05, 3.63) is 6.20 Å². The van der Waals surface area contributed by atoms with Gasteiger partial charge in [0.15, 0.2) is 5.65 Å². The molecule has 2 aromatic heterocycles. The summed E-state index contributed by atoms with van der Waals surface area (Å²) in [6.45, 7) is 0. The summed E-state index contributed by atoms with van der Waals surface area (Å²) in [6.07, 6.45) is 2.45. The number of imidazole rings is 1. The van der Waals surface area contributed by atoms with Crippen molar-refractivity contribution in [3.63, 3.8) is 0 Å². The van der Waals surface area contributed by atoms with Gasteiger partial charge in [0.05, 0.1) is 6.20 Å². The summed E-state index contributed by atoms with van der Waals surface area (Å²) in [7, 11) is -3.35. The molecule has 0 aliphatic rings. The molecule has 0 fully saturated rings. The number of fused-ring (bicyclic) bond motifs is 1. The zero-order valence-electron chi connectivity index (χ0n) is 7.22. The van der Waals surface area contributed by atoms with E-state index in [1.807, 2.05) is 0 Å². The summed E-state index contributed by atoms with van der Waals surface area (Å²) in [5.41, 5.74) is 6.01. The average molecular weight is 213 g/mol. The van der Waals surface area contributed by atoms with Crippen molar-refractivity contribution in [2.75, 3.05) is 12.0 Å². The lowest BCUT2D eigenvalue weighted by atomic mass is 10.6. The van der Waals surface area contributed by atoms with E-state index < -0.39 is 9.84 Å². The minimum absolute atomic E-state index is 0.0593. The van der Waals surface area contributed by atoms with Gasteiger partial charge in [-0.3, -0.25) is 0 Å². The number of nitrogens with two attached hydrogens (primary N) is 1. The molecule has 3 N–H and O–H groups in total. The topological polar surface area (TPSA) is 115 Å². The summed E-state index contributed by atoms with van der Waals surface area (Å²) in [4.78, 5) is 13.8. The number of aromatic nitrogens is 4. The Bertz CT molecular complexity index is 587. The summed E-state index contributed by atoms with van der Waals surface area (Å²) in [6, 6.07) is 0. The summed E-state index contributed by atoms with van der Waals surface area (Å²) in [5, 5.41) is -0.132. The molecule has 74 valence electrons. The second-order valence-corrected chi connectivity index (χ2v) is 4.71. The maximum Gasteiger partial charge on any atom is 0.227 e. The predicted molar refractivity (Wildman–Crippen MR) is 49.2 cm³/mol. The molecule has 0 aromatic carbocycles. The van der Waals surface area contributed by atoms with Crippen molar-refractivity contribution in [2.24, 2.45) is 0 Å². The number of nitrogens with zero attached hydrogens (tertiary/aromatic N) is 3. The van der Waals surface area contributed by atoms with E-state index in [1.54, 1.807) is 0 Å². The van der Waals surface area contributed by atoms with Crippen molar-refractivity contribution < 1.29 is 8.42 Å². The fourth-order valence-corrected chi connectivity index (χ4v) is 1.52. The van der Waals surface area contributed by atoms with Crippen LogP contribution in [-0.2, 0) is 9.84 Å². The Balaban J connectivity index is 2.75. The number of hydrogen-bond acceptors (Lipinski definition) is 6. The second kappa shape index (κ2) is 2.64. The van der Waals surface area contributed by atoms with Gasteiger partial charge in [-0.05, 0) is 0 Å². The lowest BCUT2D eigenvalue weighted by Crippen LogP contribution is -1.98. The van der Waals surface area contributed by atoms with Crippen LogP contribution in [0.15, 0.2) is 11.4 Å². The second-order valence-electron chi connectivity index (χ2n) is 2.78. The van der Waals surface area contributed by atoms with Gasteiger partial charge in [-0.15, -0.1) is 0 Å². The molecule has 14 heavy (non-hydrogen) atoms. The van der Waals surface area contributed by atoms with Crippen LogP contribution in [-0.4, -0.2) is 34.6 Å². The number of aromatic amines is 1. The standard InChI is InChI=1S/C6H7N5O2S/c1-14(12,13)6-9-3-2-8-5(7)10-4(3)11-6/h2H,1H3,(H3,7,8,9,10,11). The van der Waals surface area contributed by atoms with Crippen molar-refractivity contribution in [1.29, 1.82) is 0 Å². The van der Waals surface area contributed by atoms with E-state index in [-0.39, 0.29) is 16.8 Å². The predicted octanol–water partition coefficient (Wildman–Crippen LogP) is -0.661. The van der Waals surface area contributed by atoms with Crippen molar-refractivity contribution in [1.82, 2.24) is 19.9 Å². The normalized spacial score (nSPS) is 12.1. The molecule has 0 saturated heterocycles. The number of nitrogens with one attached hydrogen (secondary N) is 1. The van der Waals surface area contributed by atoms with Crippen LogP contribution >= 0.6 is 0 Å². The molecule has 0 spiro atoms. The molecule has 0 saturated carbocycles. The highest BCUT2D eigenvalue weighted by Gasteiger charge is 2.13. The van der Waals surface area contributed by atoms with Crippen LogP contribution in [0.4, 0.5) is 5.95 Å². The Morgan fingerprint density at radius 3 is 2.79 bits per heavy atom. The van der Waals surface area contributed by atoms with Gasteiger partial charge in [-0.1, -0.05) is 0 Å². The maximum atomic E-state index is 11.1. The van der Waals surface area contributed by atoms with Crippen LogP contribution in [0, 0.1) is 0 Å². The molecule has 0 aliphatic heterocycles. The lowest BCUT2D eigenvalue weighted by molar-refractivity contribution is 0.595. The smallest absolute Gasteiger partial charge is 0.227 e. The summed E-state index contributed by atoms with van der Waals surface area (Å²) >= 11 is 0. The highest BCUT2D eigenvalue weighted by molar-refractivity contribution is 7.90. The maximum absolute atomic E-state index is 11.1. The fourth-order valence-electron chi connectivity index (χ4n) is 0.974. The third-order valence-electron chi connectivity index (χ3n) is 1.59. The van der Waals surface area contributed by atoms with Gasteiger partial charge in [0.25, 0.3) is 0 Å². The molecule has 2 aromatic rings. The van der Waals surface area contributed by atoms with Gasteiger partial charge in [0, 0.05) is 6.26 Å². The van der Waals surface area contributed by atoms with E-state index in [2.05, 4.69) is 19.9 Å². The number of H-pyrrole nitrogens is 1. The lowest BCUT2D eigenvalue weighted by Gasteiger charge is -1.87. The molecule has 7 nitrogen and oxygen atoms in total. The molecule has 2 heterocycles. The number of hydrogen-bond donors (Lipinski definition) is 2. The molecule has 0 bridgehead atoms. The fraction of sp³-hybridized carbons (Fsp3) is 0.167. The first-order valence-corrected chi connectivity index (χ1v) is 5.54. The molecule has 0 unspecified atom stereocenters. The van der Waals surface area contributed by atoms with Crippen LogP contribution in [0.5, 0.6) is 0 Å². The van der Waals surface area contributed by atoms with E-state index in [0.29, 0.717) is 5.52 Å². The Morgan fingerprint density at radius 1 is 1.43 bits per heavy atom. The van der Waals surface area contributed by atoms with Gasteiger partial charge < -0.3 is 10.7 Å². The number of sulfone groups is 1. The third kappa shape index (κ3) is 1.39. The van der Waals surface area contributed by atoms with Gasteiger partial charge in [-0.25, -0.2) is 13.4 Å². The van der Waals surface area contributed by atoms with Gasteiger partial charge in [-0.2, -0.15) is 9.97 Å². The van der Waals surface area contributed by atoms with E-state index in [9.17, 15) is 8.42 Å². The Hall–Kier alpha value is -1.70. The van der Waals surface area contributed by atoms with Crippen LogP contribution in [0.2, 0.25) is 0 Å². The Labute approximate surface area is 79.3 Å². The molecular weight excluding hydrogens is 206 g/mol. The molecule has 2 rings (SSSR count). The first kappa shape index (κ1) is 8.88. The number of rotatable bonds is 1. The number of anilines is 1. The largest absolute Gasteiger partial charge is 0.368 e. The zero-order valence-corrected chi connectivity index (χ0v) is 8.04. The molecule has 0 radical (unpaired) electrons. The van der Waals surface area contributed by atoms with Crippen molar-refractivity contribution in [2.45, 2.75) is 5.16 Å². The van der Waals surface area contributed by atoms with E-state index in [0.717, 1.165) is 6.26 Å². The van der Waals surface area contributed by atoms with Crippen molar-refractivity contribution in [3.8, 4) is 0 Å². The van der Waals surface area contributed by atoms with Crippen LogP contribution in [0.25, 0.3) is 11.2 Å². The van der Waals surface area contributed by atoms with Crippen LogP contribution < -0.4 is 5.73 Å². The first-order chi connectivity index (χ1) is 6.47. The molecule has 0 amide bonds. The SMILES string of the molecule is CS(=O)(=O)c1nc2nc(N)ncc2[nH]1. The van der Waals surface area contributed by atoms with E-state index >= 15 is 0 Å². The molecule has 8 heteroatoms. The highest BCUT2D eigenvalue weighted by Crippen LogP contribution is 2.11. The third-order valence-corrected chi connectivity index (χ3v) is 2.48. The van der Waals surface area contributed by atoms with Crippen molar-refractivity contribution >= 4 is 26.9 Å². The van der Waals surface area contributed by atoms with Gasteiger partial charge in [0.2, 0.25) is 20.9 Å². The molecular formula is C6H7N5O2S. The van der Waals surface area contributed by atoms with Gasteiger partial charge >= 0.3 is 0 Å². The van der Waals surface area contributed by atoms with Gasteiger partial charge in [0.1, 0.15) is 5.52 Å². The van der Waals surface area contributed by atoms with Crippen LogP contribution in [0.1, 0.15) is 0 Å². The van der Waals surface area contributed by atoms with E-state index in [1.165, 1.54) is 6.20 Å². The minimum Gasteiger partial charge on any atom is -0.368 e. The van der Waals surface area contributed by atoms with E-state index in [4.69, 9.17) is 5.73 Å². The minimum atomic E-state index is -3.35. The quantitative estimate of drug-likeness (QED) is 0.649. The average Bonchev–Trinajstić information content (AvgIpc) is 2.45. The van der Waals surface area contributed by atoms with Crippen LogP contribution in [0.3, 0.4) is 0 Å². The zero-order chi connectivity index (χ0) is 10.3.